The monoisotopic (exact) mass is 637 g/mol. The van der Waals surface area contributed by atoms with Gasteiger partial charge in [0.25, 0.3) is 6.43 Å². The summed E-state index contributed by atoms with van der Waals surface area (Å²) in [6.45, 7) is -5.22. The molecule has 1 aliphatic rings. The van der Waals surface area contributed by atoms with E-state index in [4.69, 9.17) is 56.9 Å². The van der Waals surface area contributed by atoms with Crippen molar-refractivity contribution in [3.05, 3.63) is 70.2 Å². The number of ether oxygens (including phenoxy) is 3. The molecule has 0 saturated carbocycles. The number of aliphatic hydroxyl groups is 1. The van der Waals surface area contributed by atoms with E-state index in [2.05, 4.69) is 4.98 Å². The minimum Gasteiger partial charge on any atom is -0.497 e. The maximum Gasteiger partial charge on any atom is 0.435 e. The average Bonchev–Trinajstić information content (AvgIpc) is 3.21. The minimum absolute atomic E-state index is 0.136. The molecule has 222 valence electrons. The molecular weight excluding hydrogens is 614 g/mol. The van der Waals surface area contributed by atoms with Crippen molar-refractivity contribution in [1.29, 1.82) is 0 Å². The normalized spacial score (nSPS) is 22.5. The highest BCUT2D eigenvalue weighted by Gasteiger charge is 2.62. The van der Waals surface area contributed by atoms with E-state index in [0.29, 0.717) is 16.1 Å². The van der Waals surface area contributed by atoms with Crippen LogP contribution in [0.15, 0.2) is 59.5 Å². The Balaban J connectivity index is 1.65. The van der Waals surface area contributed by atoms with Crippen LogP contribution in [0.2, 0.25) is 5.02 Å². The molecule has 41 heavy (non-hydrogen) atoms. The lowest BCUT2D eigenvalue weighted by atomic mass is 9.97. The van der Waals surface area contributed by atoms with Gasteiger partial charge in [-0.1, -0.05) is 11.6 Å². The van der Waals surface area contributed by atoms with Gasteiger partial charge in [0.2, 0.25) is 0 Å². The third-order valence-corrected chi connectivity index (χ3v) is 8.36. The lowest BCUT2D eigenvalue weighted by Gasteiger charge is -2.32. The first kappa shape index (κ1) is 30.9. The molecule has 2 heterocycles. The number of benzene rings is 2. The highest BCUT2D eigenvalue weighted by Crippen LogP contribution is 2.53. The third kappa shape index (κ3) is 6.55. The number of alkyl halides is 3. The molecule has 2 aromatic carbocycles. The molecule has 0 aliphatic carbocycles. The van der Waals surface area contributed by atoms with Crippen molar-refractivity contribution in [3.63, 3.8) is 0 Å². The van der Waals surface area contributed by atoms with Crippen LogP contribution in [0, 0.1) is 0 Å². The number of anilines is 1. The zero-order valence-electron chi connectivity index (χ0n) is 21.4. The summed E-state index contributed by atoms with van der Waals surface area (Å²) in [6.07, 6.45) is -9.74. The van der Waals surface area contributed by atoms with Crippen LogP contribution in [0.1, 0.15) is 6.23 Å². The van der Waals surface area contributed by atoms with Crippen molar-refractivity contribution >= 4 is 35.9 Å². The van der Waals surface area contributed by atoms with Crippen LogP contribution in [-0.4, -0.2) is 59.8 Å². The van der Waals surface area contributed by atoms with Crippen molar-refractivity contribution in [2.75, 3.05) is 26.6 Å². The molecule has 0 amide bonds. The summed E-state index contributed by atoms with van der Waals surface area (Å²) < 4.78 is 77.6. The molecule has 0 unspecified atom stereocenters. The number of nitrogens with two attached hydrogens (primary N) is 1. The van der Waals surface area contributed by atoms with Gasteiger partial charge in [0.15, 0.2) is 18.0 Å². The van der Waals surface area contributed by atoms with E-state index in [-0.39, 0.29) is 22.3 Å². The lowest BCUT2D eigenvalue weighted by molar-refractivity contribution is -0.192. The lowest BCUT2D eigenvalue weighted by Crippen LogP contribution is -2.52. The molecule has 0 bridgehead atoms. The number of hydrogen-bond acceptors (Lipinski definition) is 11. The second kappa shape index (κ2) is 12.4. The smallest absolute Gasteiger partial charge is 0.435 e. The standard InChI is InChI=1S/C24H24ClF3N3O8PS/c1-34-13-3-7-15(8-4-13)38-40(41,39-16-9-5-14(35-2)6-10-16)36-12-24(22(27)28)19(32)18(26)21(37-24)31-11-17(25)20(29)30-23(31)33/h3-11,18-19,21-22,32H,12H2,1-2H3,(H2,29,30,33)/t18-,19-,21-,24-/m1/s1. The molecule has 3 N–H and O–H groups in total. The molecule has 1 fully saturated rings. The first-order chi connectivity index (χ1) is 19.4. The van der Waals surface area contributed by atoms with E-state index in [1.54, 1.807) is 24.3 Å². The van der Waals surface area contributed by atoms with Crippen molar-refractivity contribution in [1.82, 2.24) is 9.55 Å². The second-order valence-corrected chi connectivity index (χ2v) is 11.8. The molecule has 0 spiro atoms. The van der Waals surface area contributed by atoms with Crippen LogP contribution in [0.25, 0.3) is 0 Å². The summed E-state index contributed by atoms with van der Waals surface area (Å²) in [4.78, 5) is 15.7. The van der Waals surface area contributed by atoms with Gasteiger partial charge in [-0.3, -0.25) is 9.09 Å². The Morgan fingerprint density at radius 3 is 2.05 bits per heavy atom. The van der Waals surface area contributed by atoms with Gasteiger partial charge in [-0.25, -0.2) is 18.0 Å². The number of nitrogen functional groups attached to an aromatic ring is 1. The summed E-state index contributed by atoms with van der Waals surface area (Å²) in [5.41, 5.74) is 1.33. The van der Waals surface area contributed by atoms with Gasteiger partial charge in [-0.2, -0.15) is 4.98 Å². The van der Waals surface area contributed by atoms with Crippen LogP contribution in [0.4, 0.5) is 19.0 Å². The zero-order valence-corrected chi connectivity index (χ0v) is 23.8. The number of rotatable bonds is 11. The molecule has 4 atom stereocenters. The van der Waals surface area contributed by atoms with E-state index in [0.717, 1.165) is 6.20 Å². The van der Waals surface area contributed by atoms with Crippen LogP contribution >= 0.6 is 18.3 Å². The Morgan fingerprint density at radius 2 is 1.59 bits per heavy atom. The maximum absolute atomic E-state index is 15.3. The highest BCUT2D eigenvalue weighted by molar-refractivity contribution is 8.07. The fraction of sp³-hybridized carbons (Fsp3) is 0.333. The fourth-order valence-corrected chi connectivity index (χ4v) is 5.87. The van der Waals surface area contributed by atoms with Crippen LogP contribution in [0.3, 0.4) is 0 Å². The van der Waals surface area contributed by atoms with Crippen molar-refractivity contribution in [3.8, 4) is 23.0 Å². The zero-order chi connectivity index (χ0) is 29.9. The molecule has 1 aliphatic heterocycles. The summed E-state index contributed by atoms with van der Waals surface area (Å²) in [5.74, 6) is 0.898. The SMILES string of the molecule is COc1ccc(OP(=S)(OC[C@@]2(C(F)F)O[C@@H](n3cc(Cl)c(N)nc3=O)[C@H](F)[C@H]2O)Oc2ccc(OC)cc2)cc1. The number of aliphatic hydroxyl groups excluding tert-OH is 1. The van der Waals surface area contributed by atoms with Gasteiger partial charge in [0, 0.05) is 18.0 Å². The fourth-order valence-electron chi connectivity index (χ4n) is 3.78. The summed E-state index contributed by atoms with van der Waals surface area (Å²) in [6, 6.07) is 12.1. The van der Waals surface area contributed by atoms with Crippen LogP contribution in [0.5, 0.6) is 23.0 Å². The van der Waals surface area contributed by atoms with Gasteiger partial charge in [-0.15, -0.1) is 0 Å². The molecule has 3 aromatic rings. The van der Waals surface area contributed by atoms with E-state index in [1.165, 1.54) is 38.5 Å². The number of halogens is 4. The Bertz CT molecular complexity index is 1420. The molecule has 1 saturated heterocycles. The topological polar surface area (TPSA) is 137 Å². The molecule has 1 aromatic heterocycles. The van der Waals surface area contributed by atoms with Crippen molar-refractivity contribution in [2.45, 2.75) is 30.5 Å². The average molecular weight is 638 g/mol. The quantitative estimate of drug-likeness (QED) is 0.294. The van der Waals surface area contributed by atoms with E-state index >= 15 is 4.39 Å². The predicted molar refractivity (Wildman–Crippen MR) is 145 cm³/mol. The third-order valence-electron chi connectivity index (χ3n) is 5.99. The molecular formula is C24H24ClF3N3O8PS. The highest BCUT2D eigenvalue weighted by atomic mass is 35.5. The summed E-state index contributed by atoms with van der Waals surface area (Å²) in [5, 5.41) is 10.4. The van der Waals surface area contributed by atoms with Crippen LogP contribution < -0.4 is 29.9 Å². The Morgan fingerprint density at radius 1 is 1.10 bits per heavy atom. The summed E-state index contributed by atoms with van der Waals surface area (Å²) >= 11 is 11.4. The second-order valence-electron chi connectivity index (χ2n) is 8.57. The van der Waals surface area contributed by atoms with Gasteiger partial charge in [0.05, 0.1) is 25.8 Å². The first-order valence-corrected chi connectivity index (χ1v) is 14.6. The Labute approximate surface area is 241 Å². The minimum atomic E-state index is -4.02. The first-order valence-electron chi connectivity index (χ1n) is 11.7. The molecule has 0 radical (unpaired) electrons. The van der Waals surface area contributed by atoms with Gasteiger partial charge in [0.1, 0.15) is 34.9 Å². The van der Waals surface area contributed by atoms with Gasteiger partial charge < -0.3 is 34.1 Å². The largest absolute Gasteiger partial charge is 0.497 e. The molecule has 4 rings (SSSR count). The van der Waals surface area contributed by atoms with E-state index in [1.807, 2.05) is 0 Å². The molecule has 11 nitrogen and oxygen atoms in total. The van der Waals surface area contributed by atoms with E-state index in [9.17, 15) is 18.7 Å². The number of hydrogen-bond donors (Lipinski definition) is 2. The Hall–Kier alpha value is -3.07. The summed E-state index contributed by atoms with van der Waals surface area (Å²) in [7, 11) is 2.92. The molecule has 17 heteroatoms. The van der Waals surface area contributed by atoms with Crippen molar-refractivity contribution < 1.29 is 46.1 Å². The predicted octanol–water partition coefficient (Wildman–Crippen LogP) is 4.13. The van der Waals surface area contributed by atoms with E-state index < -0.39 is 49.5 Å². The Kier molecular flexibility index (Phi) is 9.36. The van der Waals surface area contributed by atoms with Gasteiger partial charge in [-0.05, 0) is 48.5 Å². The van der Waals surface area contributed by atoms with Gasteiger partial charge >= 0.3 is 12.4 Å². The van der Waals surface area contributed by atoms with Crippen LogP contribution in [-0.2, 0) is 21.1 Å². The number of aromatic nitrogens is 2. The maximum atomic E-state index is 15.3. The number of nitrogens with zero attached hydrogens (tertiary/aromatic N) is 2. The van der Waals surface area contributed by atoms with Crippen molar-refractivity contribution in [2.24, 2.45) is 0 Å². The number of methoxy groups -OCH3 is 2.